The van der Waals surface area contributed by atoms with Crippen LogP contribution in [0.15, 0.2) is 30.5 Å². The summed E-state index contributed by atoms with van der Waals surface area (Å²) in [5.41, 5.74) is 1.33. The van der Waals surface area contributed by atoms with Crippen molar-refractivity contribution in [1.29, 1.82) is 0 Å². The van der Waals surface area contributed by atoms with E-state index >= 15 is 0 Å². The molecule has 0 bridgehead atoms. The topological polar surface area (TPSA) is 60.2 Å². The molecule has 1 aromatic heterocycles. The van der Waals surface area contributed by atoms with E-state index in [-0.39, 0.29) is 0 Å². The molecule has 0 saturated heterocycles. The highest BCUT2D eigenvalue weighted by atomic mass is 16.5. The van der Waals surface area contributed by atoms with Gasteiger partial charge in [-0.2, -0.15) is 0 Å². The summed E-state index contributed by atoms with van der Waals surface area (Å²) in [5, 5.41) is 17.7. The van der Waals surface area contributed by atoms with Crippen LogP contribution in [0.3, 0.4) is 0 Å². The number of para-hydroxylation sites is 1. The van der Waals surface area contributed by atoms with Gasteiger partial charge in [-0.05, 0) is 6.07 Å². The number of hydrogen-bond donors (Lipinski definition) is 1. The highest BCUT2D eigenvalue weighted by Gasteiger charge is 2.18. The third-order valence-corrected chi connectivity index (χ3v) is 2.46. The molecule has 0 aliphatic rings. The second kappa shape index (κ2) is 4.32. The average Bonchev–Trinajstić information content (AvgIpc) is 2.74. The summed E-state index contributed by atoms with van der Waals surface area (Å²) in [6.07, 6.45) is 0.757. The van der Waals surface area contributed by atoms with Crippen molar-refractivity contribution in [3.05, 3.63) is 41.7 Å². The van der Waals surface area contributed by atoms with Crippen molar-refractivity contribution in [3.8, 4) is 5.75 Å². The molecule has 1 aromatic carbocycles. The van der Waals surface area contributed by atoms with Gasteiger partial charge in [0, 0.05) is 12.6 Å². The van der Waals surface area contributed by atoms with E-state index in [9.17, 15) is 5.11 Å². The number of benzene rings is 1. The molecule has 0 spiro atoms. The van der Waals surface area contributed by atoms with Gasteiger partial charge in [-0.25, -0.2) is 4.68 Å². The molecule has 84 valence electrons. The number of aryl methyl sites for hydroxylation is 1. The van der Waals surface area contributed by atoms with E-state index in [0.717, 1.165) is 0 Å². The van der Waals surface area contributed by atoms with E-state index in [1.165, 1.54) is 10.9 Å². The molecule has 2 rings (SSSR count). The van der Waals surface area contributed by atoms with Crippen LogP contribution < -0.4 is 4.74 Å². The standard InChI is InChI=1S/C11H13N3O2/c1-14-9(7-12-13-14)11(15)8-5-3-4-6-10(8)16-2/h3-7,11,15H,1-2H3. The van der Waals surface area contributed by atoms with E-state index in [0.29, 0.717) is 17.0 Å². The van der Waals surface area contributed by atoms with Crippen LogP contribution in [-0.4, -0.2) is 27.2 Å². The first-order chi connectivity index (χ1) is 7.74. The van der Waals surface area contributed by atoms with Gasteiger partial charge in [-0.3, -0.25) is 0 Å². The Kier molecular flexibility index (Phi) is 2.87. The summed E-state index contributed by atoms with van der Waals surface area (Å²) >= 11 is 0. The van der Waals surface area contributed by atoms with Gasteiger partial charge in [0.15, 0.2) is 0 Å². The molecule has 0 amide bonds. The van der Waals surface area contributed by atoms with E-state index in [1.807, 2.05) is 24.3 Å². The predicted molar refractivity (Wildman–Crippen MR) is 58.1 cm³/mol. The first-order valence-corrected chi connectivity index (χ1v) is 4.89. The molecule has 5 nitrogen and oxygen atoms in total. The van der Waals surface area contributed by atoms with Gasteiger partial charge in [0.25, 0.3) is 0 Å². The fourth-order valence-electron chi connectivity index (χ4n) is 1.60. The summed E-state index contributed by atoms with van der Waals surface area (Å²) in [6, 6.07) is 7.33. The SMILES string of the molecule is COc1ccccc1C(O)c1cnnn1C. The Bertz CT molecular complexity index is 482. The Morgan fingerprint density at radius 3 is 2.75 bits per heavy atom. The Hall–Kier alpha value is -1.88. The summed E-state index contributed by atoms with van der Waals surface area (Å²) in [6.45, 7) is 0. The molecule has 0 fully saturated rings. The molecular weight excluding hydrogens is 206 g/mol. The molecule has 0 aliphatic carbocycles. The van der Waals surface area contributed by atoms with Crippen LogP contribution >= 0.6 is 0 Å². The quantitative estimate of drug-likeness (QED) is 0.833. The average molecular weight is 219 g/mol. The van der Waals surface area contributed by atoms with Gasteiger partial charge in [-0.1, -0.05) is 23.4 Å². The van der Waals surface area contributed by atoms with Crippen LogP contribution in [-0.2, 0) is 7.05 Å². The molecule has 0 saturated carbocycles. The lowest BCUT2D eigenvalue weighted by Gasteiger charge is -2.14. The van der Waals surface area contributed by atoms with Crippen LogP contribution in [0.2, 0.25) is 0 Å². The molecule has 1 unspecified atom stereocenters. The number of nitrogens with zero attached hydrogens (tertiary/aromatic N) is 3. The monoisotopic (exact) mass is 219 g/mol. The number of aliphatic hydroxyl groups is 1. The zero-order valence-corrected chi connectivity index (χ0v) is 9.16. The maximum Gasteiger partial charge on any atom is 0.126 e. The number of aliphatic hydroxyl groups excluding tert-OH is 1. The van der Waals surface area contributed by atoms with Crippen molar-refractivity contribution in [2.24, 2.45) is 7.05 Å². The van der Waals surface area contributed by atoms with E-state index in [1.54, 1.807) is 14.2 Å². The zero-order chi connectivity index (χ0) is 11.5. The van der Waals surface area contributed by atoms with Gasteiger partial charge >= 0.3 is 0 Å². The normalized spacial score (nSPS) is 12.4. The molecule has 0 aliphatic heterocycles. The molecule has 5 heteroatoms. The molecule has 1 N–H and O–H groups in total. The minimum atomic E-state index is -0.781. The maximum atomic E-state index is 10.2. The van der Waals surface area contributed by atoms with Crippen molar-refractivity contribution >= 4 is 0 Å². The smallest absolute Gasteiger partial charge is 0.126 e. The third kappa shape index (κ3) is 1.77. The van der Waals surface area contributed by atoms with Crippen molar-refractivity contribution in [2.75, 3.05) is 7.11 Å². The largest absolute Gasteiger partial charge is 0.496 e. The van der Waals surface area contributed by atoms with E-state index in [2.05, 4.69) is 10.3 Å². The number of rotatable bonds is 3. The van der Waals surface area contributed by atoms with Gasteiger partial charge in [-0.15, -0.1) is 5.10 Å². The first kappa shape index (κ1) is 10.6. The second-order valence-electron chi connectivity index (χ2n) is 3.43. The Balaban J connectivity index is 2.41. The van der Waals surface area contributed by atoms with Crippen LogP contribution in [0.4, 0.5) is 0 Å². The van der Waals surface area contributed by atoms with E-state index in [4.69, 9.17) is 4.74 Å². The number of ether oxygens (including phenoxy) is 1. The molecule has 1 heterocycles. The molecular formula is C11H13N3O2. The fourth-order valence-corrected chi connectivity index (χ4v) is 1.60. The van der Waals surface area contributed by atoms with E-state index < -0.39 is 6.10 Å². The summed E-state index contributed by atoms with van der Waals surface area (Å²) in [7, 11) is 3.31. The molecule has 16 heavy (non-hydrogen) atoms. The van der Waals surface area contributed by atoms with Crippen LogP contribution in [0.25, 0.3) is 0 Å². The number of hydrogen-bond acceptors (Lipinski definition) is 4. The minimum Gasteiger partial charge on any atom is -0.496 e. The zero-order valence-electron chi connectivity index (χ0n) is 9.16. The first-order valence-electron chi connectivity index (χ1n) is 4.89. The Morgan fingerprint density at radius 2 is 2.12 bits per heavy atom. The maximum absolute atomic E-state index is 10.2. The Morgan fingerprint density at radius 1 is 1.38 bits per heavy atom. The van der Waals surface area contributed by atoms with Crippen molar-refractivity contribution in [2.45, 2.75) is 6.10 Å². The summed E-state index contributed by atoms with van der Waals surface area (Å²) in [4.78, 5) is 0. The van der Waals surface area contributed by atoms with Gasteiger partial charge < -0.3 is 9.84 Å². The van der Waals surface area contributed by atoms with Crippen molar-refractivity contribution in [3.63, 3.8) is 0 Å². The number of methoxy groups -OCH3 is 1. The van der Waals surface area contributed by atoms with Crippen LogP contribution in [0, 0.1) is 0 Å². The van der Waals surface area contributed by atoms with Crippen molar-refractivity contribution < 1.29 is 9.84 Å². The highest BCUT2D eigenvalue weighted by molar-refractivity contribution is 5.38. The van der Waals surface area contributed by atoms with Crippen LogP contribution in [0.5, 0.6) is 5.75 Å². The van der Waals surface area contributed by atoms with Gasteiger partial charge in [0.05, 0.1) is 19.0 Å². The Labute approximate surface area is 93.3 Å². The lowest BCUT2D eigenvalue weighted by molar-refractivity contribution is 0.204. The third-order valence-electron chi connectivity index (χ3n) is 2.46. The lowest BCUT2D eigenvalue weighted by atomic mass is 10.1. The fraction of sp³-hybridized carbons (Fsp3) is 0.273. The summed E-state index contributed by atoms with van der Waals surface area (Å²) in [5.74, 6) is 0.649. The molecule has 0 radical (unpaired) electrons. The molecule has 1 atom stereocenters. The second-order valence-corrected chi connectivity index (χ2v) is 3.43. The predicted octanol–water partition coefficient (Wildman–Crippen LogP) is 0.905. The molecule has 2 aromatic rings. The highest BCUT2D eigenvalue weighted by Crippen LogP contribution is 2.28. The van der Waals surface area contributed by atoms with Gasteiger partial charge in [0.2, 0.25) is 0 Å². The lowest BCUT2D eigenvalue weighted by Crippen LogP contribution is -2.07. The minimum absolute atomic E-state index is 0.629. The van der Waals surface area contributed by atoms with Crippen LogP contribution in [0.1, 0.15) is 17.4 Å². The number of aromatic nitrogens is 3. The van der Waals surface area contributed by atoms with Crippen molar-refractivity contribution in [1.82, 2.24) is 15.0 Å². The summed E-state index contributed by atoms with van der Waals surface area (Å²) < 4.78 is 6.73. The van der Waals surface area contributed by atoms with Gasteiger partial charge in [0.1, 0.15) is 11.9 Å².